The molecule has 0 spiro atoms. The Balaban J connectivity index is 1.56. The lowest BCUT2D eigenvalue weighted by Crippen LogP contribution is -2.12. The van der Waals surface area contributed by atoms with Gasteiger partial charge in [-0.1, -0.05) is 45.0 Å². The second kappa shape index (κ2) is 6.79. The lowest BCUT2D eigenvalue weighted by molar-refractivity contribution is 0.596. The van der Waals surface area contributed by atoms with E-state index < -0.39 is 0 Å². The minimum atomic E-state index is 0.00329. The topological polar surface area (TPSA) is 52.1 Å². The Morgan fingerprint density at radius 3 is 2.47 bits per heavy atom. The molecule has 6 aromatic rings. The summed E-state index contributed by atoms with van der Waals surface area (Å²) in [5, 5.41) is 4.43. The quantitative estimate of drug-likeness (QED) is 0.288. The third-order valence-electron chi connectivity index (χ3n) is 6.01. The van der Waals surface area contributed by atoms with Crippen LogP contribution in [0.2, 0.25) is 0 Å². The van der Waals surface area contributed by atoms with Crippen LogP contribution in [0.15, 0.2) is 88.2 Å². The minimum absolute atomic E-state index is 0.00329. The summed E-state index contributed by atoms with van der Waals surface area (Å²) in [6.07, 6.45) is 3.28. The summed E-state index contributed by atoms with van der Waals surface area (Å²) in [4.78, 5) is 9.07. The van der Waals surface area contributed by atoms with Crippen LogP contribution in [0.25, 0.3) is 55.4 Å². The largest absolute Gasteiger partial charge is 0.464 e. The summed E-state index contributed by atoms with van der Waals surface area (Å²) in [6.45, 7) is 6.74. The van der Waals surface area contributed by atoms with Crippen molar-refractivity contribution >= 4 is 32.8 Å². The number of nitrogens with zero attached hydrogens (tertiary/aromatic N) is 2. The number of furan rings is 2. The number of hydrogen-bond acceptors (Lipinski definition) is 4. The number of hydrogen-bond donors (Lipinski definition) is 0. The zero-order chi connectivity index (χ0) is 21.9. The molecule has 3 aromatic carbocycles. The fourth-order valence-electron chi connectivity index (χ4n) is 4.42. The van der Waals surface area contributed by atoms with Crippen molar-refractivity contribution < 1.29 is 8.83 Å². The van der Waals surface area contributed by atoms with Crippen LogP contribution in [0.5, 0.6) is 0 Å². The molecule has 0 bridgehead atoms. The maximum atomic E-state index is 6.14. The van der Waals surface area contributed by atoms with Gasteiger partial charge in [0.1, 0.15) is 17.7 Å². The van der Waals surface area contributed by atoms with Crippen LogP contribution >= 0.6 is 0 Å². The van der Waals surface area contributed by atoms with Gasteiger partial charge in [0.05, 0.1) is 17.3 Å². The molecule has 0 atom stereocenters. The van der Waals surface area contributed by atoms with E-state index in [1.54, 1.807) is 12.6 Å². The standard InChI is InChI=1S/C28H22N2O2/c1-28(2,3)23-14-20(12-17-6-4-5-7-21(17)23)26-22-15-25(32-27(22)30-16-29-26)18-8-9-24-19(13-18)10-11-31-24/h4-16H,1-3H3. The highest BCUT2D eigenvalue weighted by Crippen LogP contribution is 2.38. The smallest absolute Gasteiger partial charge is 0.230 e. The maximum absolute atomic E-state index is 6.14. The molecule has 3 aromatic heterocycles. The van der Waals surface area contributed by atoms with Gasteiger partial charge in [0.2, 0.25) is 5.71 Å². The number of benzene rings is 3. The summed E-state index contributed by atoms with van der Waals surface area (Å²) in [5.41, 5.74) is 5.68. The van der Waals surface area contributed by atoms with E-state index in [2.05, 4.69) is 73.2 Å². The molecule has 0 amide bonds. The zero-order valence-corrected chi connectivity index (χ0v) is 18.2. The average Bonchev–Trinajstić information content (AvgIpc) is 3.43. The van der Waals surface area contributed by atoms with Crippen LogP contribution in [-0.4, -0.2) is 9.97 Å². The maximum Gasteiger partial charge on any atom is 0.230 e. The molecular formula is C28H22N2O2. The number of aromatic nitrogens is 2. The van der Waals surface area contributed by atoms with E-state index in [0.29, 0.717) is 5.71 Å². The Morgan fingerprint density at radius 1 is 0.750 bits per heavy atom. The Labute approximate surface area is 185 Å². The van der Waals surface area contributed by atoms with Gasteiger partial charge in [0, 0.05) is 16.5 Å². The van der Waals surface area contributed by atoms with Gasteiger partial charge in [0.25, 0.3) is 0 Å². The third-order valence-corrected chi connectivity index (χ3v) is 6.01. The van der Waals surface area contributed by atoms with Crippen LogP contribution in [0.3, 0.4) is 0 Å². The molecule has 0 N–H and O–H groups in total. The summed E-state index contributed by atoms with van der Waals surface area (Å²) >= 11 is 0. The SMILES string of the molecule is CC(C)(C)c1cc(-c2ncnc3oc(-c4ccc5occc5c4)cc23)cc2ccccc12. The average molecular weight is 418 g/mol. The highest BCUT2D eigenvalue weighted by atomic mass is 16.3. The van der Waals surface area contributed by atoms with Gasteiger partial charge in [-0.05, 0) is 64.2 Å². The van der Waals surface area contributed by atoms with Gasteiger partial charge < -0.3 is 8.83 Å². The number of rotatable bonds is 2. The molecule has 4 nitrogen and oxygen atoms in total. The third kappa shape index (κ3) is 2.99. The summed E-state index contributed by atoms with van der Waals surface area (Å²) in [6, 6.07) is 23.0. The molecule has 0 fully saturated rings. The monoisotopic (exact) mass is 418 g/mol. The van der Waals surface area contributed by atoms with Crippen molar-refractivity contribution in [3.05, 3.63) is 84.9 Å². The fourth-order valence-corrected chi connectivity index (χ4v) is 4.42. The molecule has 0 saturated heterocycles. The van der Waals surface area contributed by atoms with Gasteiger partial charge in [-0.2, -0.15) is 0 Å². The van der Waals surface area contributed by atoms with Gasteiger partial charge in [-0.25, -0.2) is 9.97 Å². The van der Waals surface area contributed by atoms with Gasteiger partial charge in [-0.3, -0.25) is 0 Å². The Bertz CT molecular complexity index is 1620. The molecule has 0 aliphatic heterocycles. The van der Waals surface area contributed by atoms with Crippen LogP contribution < -0.4 is 0 Å². The molecule has 0 aliphatic rings. The zero-order valence-electron chi connectivity index (χ0n) is 18.2. The van der Waals surface area contributed by atoms with E-state index in [-0.39, 0.29) is 5.41 Å². The van der Waals surface area contributed by atoms with Gasteiger partial charge in [-0.15, -0.1) is 0 Å². The molecule has 0 aliphatic carbocycles. The molecule has 6 rings (SSSR count). The predicted molar refractivity (Wildman–Crippen MR) is 129 cm³/mol. The van der Waals surface area contributed by atoms with Gasteiger partial charge in [0.15, 0.2) is 0 Å². The number of fused-ring (bicyclic) bond motifs is 3. The van der Waals surface area contributed by atoms with Gasteiger partial charge >= 0.3 is 0 Å². The Hall–Kier alpha value is -3.92. The highest BCUT2D eigenvalue weighted by Gasteiger charge is 2.20. The normalized spacial score (nSPS) is 12.2. The minimum Gasteiger partial charge on any atom is -0.464 e. The van der Waals surface area contributed by atoms with Crippen molar-refractivity contribution in [3.8, 4) is 22.6 Å². The van der Waals surface area contributed by atoms with E-state index in [0.717, 1.165) is 38.9 Å². The molecular weight excluding hydrogens is 396 g/mol. The van der Waals surface area contributed by atoms with Crippen molar-refractivity contribution in [3.63, 3.8) is 0 Å². The first-order valence-electron chi connectivity index (χ1n) is 10.7. The lowest BCUT2D eigenvalue weighted by atomic mass is 9.82. The molecule has 0 saturated carbocycles. The lowest BCUT2D eigenvalue weighted by Gasteiger charge is -2.22. The molecule has 32 heavy (non-hydrogen) atoms. The first-order valence-corrected chi connectivity index (χ1v) is 10.7. The summed E-state index contributed by atoms with van der Waals surface area (Å²) in [7, 11) is 0. The first-order chi connectivity index (χ1) is 15.5. The summed E-state index contributed by atoms with van der Waals surface area (Å²) < 4.78 is 11.6. The van der Waals surface area contributed by atoms with Crippen molar-refractivity contribution in [1.82, 2.24) is 9.97 Å². The van der Waals surface area contributed by atoms with Crippen molar-refractivity contribution in [1.29, 1.82) is 0 Å². The molecule has 3 heterocycles. The van der Waals surface area contributed by atoms with Crippen LogP contribution in [0.1, 0.15) is 26.3 Å². The fraction of sp³-hybridized carbons (Fsp3) is 0.143. The summed E-state index contributed by atoms with van der Waals surface area (Å²) in [5.74, 6) is 0.765. The van der Waals surface area contributed by atoms with E-state index >= 15 is 0 Å². The van der Waals surface area contributed by atoms with Crippen LogP contribution in [0.4, 0.5) is 0 Å². The molecule has 156 valence electrons. The molecule has 0 unspecified atom stereocenters. The predicted octanol–water partition coefficient (Wildman–Crippen LogP) is 7.75. The van der Waals surface area contributed by atoms with E-state index in [1.807, 2.05) is 24.3 Å². The van der Waals surface area contributed by atoms with E-state index in [4.69, 9.17) is 8.83 Å². The Kier molecular flexibility index (Phi) is 3.99. The van der Waals surface area contributed by atoms with Crippen LogP contribution in [0, 0.1) is 0 Å². The van der Waals surface area contributed by atoms with Crippen LogP contribution in [-0.2, 0) is 5.41 Å². The molecule has 4 heteroatoms. The Morgan fingerprint density at radius 2 is 1.59 bits per heavy atom. The first kappa shape index (κ1) is 18.8. The highest BCUT2D eigenvalue weighted by molar-refractivity contribution is 5.97. The second-order valence-electron chi connectivity index (χ2n) is 9.22. The van der Waals surface area contributed by atoms with Crippen molar-refractivity contribution in [2.75, 3.05) is 0 Å². The van der Waals surface area contributed by atoms with E-state index in [9.17, 15) is 0 Å². The molecule has 0 radical (unpaired) electrons. The second-order valence-corrected chi connectivity index (χ2v) is 9.22. The van der Waals surface area contributed by atoms with Crippen molar-refractivity contribution in [2.24, 2.45) is 0 Å². The van der Waals surface area contributed by atoms with E-state index in [1.165, 1.54) is 16.3 Å². The van der Waals surface area contributed by atoms with Crippen molar-refractivity contribution in [2.45, 2.75) is 26.2 Å².